The van der Waals surface area contributed by atoms with Crippen molar-refractivity contribution in [3.05, 3.63) is 55.9 Å². The summed E-state index contributed by atoms with van der Waals surface area (Å²) in [6, 6.07) is 5.27. The van der Waals surface area contributed by atoms with E-state index in [1.165, 1.54) is 11.3 Å². The number of benzene rings is 1. The first kappa shape index (κ1) is 11.7. The Bertz CT molecular complexity index is 522. The maximum Gasteiger partial charge on any atom is 0.165 e. The highest BCUT2D eigenvalue weighted by molar-refractivity contribution is 9.11. The molecule has 0 fully saturated rings. The van der Waals surface area contributed by atoms with Crippen molar-refractivity contribution in [3.63, 3.8) is 0 Å². The third-order valence-corrected chi connectivity index (χ3v) is 3.74. The summed E-state index contributed by atoms with van der Waals surface area (Å²) in [4.78, 5) is 0.773. The smallest absolute Gasteiger partial charge is 0.165 e. The van der Waals surface area contributed by atoms with E-state index in [4.69, 9.17) is 0 Å². The number of hydrogen-bond donors (Lipinski definition) is 0. The highest BCUT2D eigenvalue weighted by Gasteiger charge is 2.14. The summed E-state index contributed by atoms with van der Waals surface area (Å²) in [6.07, 6.45) is 0.0612. The first-order chi connectivity index (χ1) is 7.58. The van der Waals surface area contributed by atoms with Gasteiger partial charge in [-0.2, -0.15) is 0 Å². The fourth-order valence-corrected chi connectivity index (χ4v) is 2.85. The lowest BCUT2D eigenvalue weighted by Gasteiger charge is -2.03. The first-order valence-electron chi connectivity index (χ1n) is 4.44. The predicted octanol–water partition coefficient (Wildman–Crippen LogP) is 4.52. The van der Waals surface area contributed by atoms with Gasteiger partial charge in [-0.3, -0.25) is 0 Å². The molecule has 0 bridgehead atoms. The minimum Gasteiger partial charge on any atom is -0.207 e. The van der Waals surface area contributed by atoms with Crippen LogP contribution < -0.4 is 0 Å². The zero-order valence-corrected chi connectivity index (χ0v) is 10.3. The van der Waals surface area contributed by atoms with Gasteiger partial charge in [-0.25, -0.2) is 13.2 Å². The molecule has 0 aliphatic carbocycles. The normalized spacial score (nSPS) is 10.8. The number of hydrogen-bond acceptors (Lipinski definition) is 1. The fraction of sp³-hybridized carbons (Fsp3) is 0.0909. The van der Waals surface area contributed by atoms with Gasteiger partial charge in [0.1, 0.15) is 5.82 Å². The molecule has 0 N–H and O–H groups in total. The van der Waals surface area contributed by atoms with Gasteiger partial charge in [0, 0.05) is 16.9 Å². The van der Waals surface area contributed by atoms with E-state index in [0.717, 1.165) is 20.8 Å². The van der Waals surface area contributed by atoms with Crippen molar-refractivity contribution in [2.75, 3.05) is 0 Å². The van der Waals surface area contributed by atoms with Crippen LogP contribution in [0, 0.1) is 17.5 Å². The third-order valence-electron chi connectivity index (χ3n) is 2.12. The molecule has 0 unspecified atom stereocenters. The molecule has 2 aromatic rings. The van der Waals surface area contributed by atoms with Gasteiger partial charge in [0.25, 0.3) is 0 Å². The van der Waals surface area contributed by atoms with Crippen LogP contribution in [-0.2, 0) is 6.42 Å². The summed E-state index contributed by atoms with van der Waals surface area (Å²) in [6.45, 7) is 0. The minimum absolute atomic E-state index is 0.0612. The van der Waals surface area contributed by atoms with Gasteiger partial charge in [-0.05, 0) is 40.2 Å². The quantitative estimate of drug-likeness (QED) is 0.716. The molecule has 0 nitrogen and oxygen atoms in total. The Morgan fingerprint density at radius 2 is 1.69 bits per heavy atom. The Kier molecular flexibility index (Phi) is 3.35. The molecule has 0 radical (unpaired) electrons. The predicted molar refractivity (Wildman–Crippen MR) is 61.1 cm³/mol. The van der Waals surface area contributed by atoms with Crippen molar-refractivity contribution in [1.29, 1.82) is 0 Å². The molecular formula is C11H6BrF3S. The van der Waals surface area contributed by atoms with Crippen molar-refractivity contribution in [2.45, 2.75) is 6.42 Å². The maximum atomic E-state index is 13.3. The molecule has 0 saturated carbocycles. The molecule has 0 atom stereocenters. The SMILES string of the molecule is Fc1ccc(F)c(Cc2ccc(Br)s2)c1F. The second-order valence-electron chi connectivity index (χ2n) is 3.20. The molecule has 0 spiro atoms. The third kappa shape index (κ3) is 2.30. The molecule has 1 aromatic heterocycles. The molecule has 0 amide bonds. The van der Waals surface area contributed by atoms with Crippen molar-refractivity contribution in [1.82, 2.24) is 0 Å². The monoisotopic (exact) mass is 306 g/mol. The number of halogens is 4. The molecule has 0 aliphatic heterocycles. The summed E-state index contributed by atoms with van der Waals surface area (Å²) < 4.78 is 40.4. The van der Waals surface area contributed by atoms with Gasteiger partial charge in [0.05, 0.1) is 3.79 Å². The van der Waals surface area contributed by atoms with E-state index in [9.17, 15) is 13.2 Å². The lowest BCUT2D eigenvalue weighted by atomic mass is 10.1. The maximum absolute atomic E-state index is 13.3. The van der Waals surface area contributed by atoms with E-state index in [2.05, 4.69) is 15.9 Å². The summed E-state index contributed by atoms with van der Waals surface area (Å²) in [5.74, 6) is -2.85. The van der Waals surface area contributed by atoms with Gasteiger partial charge in [0.15, 0.2) is 11.6 Å². The Morgan fingerprint density at radius 3 is 2.31 bits per heavy atom. The second kappa shape index (κ2) is 4.59. The molecule has 1 aromatic carbocycles. The van der Waals surface area contributed by atoms with Crippen LogP contribution in [0.4, 0.5) is 13.2 Å². The van der Waals surface area contributed by atoms with Crippen LogP contribution in [0.3, 0.4) is 0 Å². The van der Waals surface area contributed by atoms with Crippen molar-refractivity contribution >= 4 is 27.3 Å². The van der Waals surface area contributed by atoms with E-state index >= 15 is 0 Å². The Balaban J connectivity index is 2.37. The van der Waals surface area contributed by atoms with Gasteiger partial charge in [-0.15, -0.1) is 11.3 Å². The van der Waals surface area contributed by atoms with Crippen LogP contribution in [0.5, 0.6) is 0 Å². The summed E-state index contributed by atoms with van der Waals surface area (Å²) >= 11 is 4.62. The molecule has 84 valence electrons. The Labute approximate surface area is 103 Å². The van der Waals surface area contributed by atoms with E-state index < -0.39 is 17.5 Å². The zero-order chi connectivity index (χ0) is 11.7. The molecule has 0 saturated heterocycles. The fourth-order valence-electron chi connectivity index (χ4n) is 1.35. The summed E-state index contributed by atoms with van der Waals surface area (Å²) in [5.41, 5.74) is -0.227. The summed E-state index contributed by atoms with van der Waals surface area (Å²) in [5, 5.41) is 0. The van der Waals surface area contributed by atoms with Gasteiger partial charge in [0.2, 0.25) is 0 Å². The molecule has 2 rings (SSSR count). The van der Waals surface area contributed by atoms with Crippen molar-refractivity contribution in [3.8, 4) is 0 Å². The van der Waals surface area contributed by atoms with E-state index in [-0.39, 0.29) is 12.0 Å². The molecule has 1 heterocycles. The first-order valence-corrected chi connectivity index (χ1v) is 6.05. The highest BCUT2D eigenvalue weighted by Crippen LogP contribution is 2.26. The van der Waals surface area contributed by atoms with Crippen LogP contribution in [0.15, 0.2) is 28.1 Å². The highest BCUT2D eigenvalue weighted by atomic mass is 79.9. The number of thiophene rings is 1. The largest absolute Gasteiger partial charge is 0.207 e. The molecule has 0 aliphatic rings. The van der Waals surface area contributed by atoms with E-state index in [1.54, 1.807) is 12.1 Å². The molecular weight excluding hydrogens is 301 g/mol. The zero-order valence-electron chi connectivity index (χ0n) is 7.94. The lowest BCUT2D eigenvalue weighted by Crippen LogP contribution is -1.98. The van der Waals surface area contributed by atoms with Gasteiger partial charge in [-0.1, -0.05) is 0 Å². The topological polar surface area (TPSA) is 0 Å². The Morgan fingerprint density at radius 1 is 1.00 bits per heavy atom. The van der Waals surface area contributed by atoms with Gasteiger partial charge < -0.3 is 0 Å². The minimum atomic E-state index is -1.11. The van der Waals surface area contributed by atoms with Crippen LogP contribution >= 0.6 is 27.3 Å². The second-order valence-corrected chi connectivity index (χ2v) is 5.75. The molecule has 16 heavy (non-hydrogen) atoms. The van der Waals surface area contributed by atoms with E-state index in [1.807, 2.05) is 0 Å². The average Bonchev–Trinajstić information content (AvgIpc) is 2.65. The lowest BCUT2D eigenvalue weighted by molar-refractivity contribution is 0.483. The Hall–Kier alpha value is -0.810. The van der Waals surface area contributed by atoms with Crippen molar-refractivity contribution < 1.29 is 13.2 Å². The number of rotatable bonds is 2. The standard InChI is InChI=1S/C11H6BrF3S/c12-10-4-1-6(16-10)5-7-8(13)2-3-9(14)11(7)15/h1-4H,5H2. The van der Waals surface area contributed by atoms with Crippen LogP contribution in [0.2, 0.25) is 0 Å². The van der Waals surface area contributed by atoms with E-state index in [0.29, 0.717) is 0 Å². The average molecular weight is 307 g/mol. The summed E-state index contributed by atoms with van der Waals surface area (Å²) in [7, 11) is 0. The van der Waals surface area contributed by atoms with Gasteiger partial charge >= 0.3 is 0 Å². The van der Waals surface area contributed by atoms with Crippen molar-refractivity contribution in [2.24, 2.45) is 0 Å². The molecule has 5 heteroatoms. The van der Waals surface area contributed by atoms with Crippen LogP contribution in [0.25, 0.3) is 0 Å². The van der Waals surface area contributed by atoms with Crippen LogP contribution in [-0.4, -0.2) is 0 Å². The van der Waals surface area contributed by atoms with Crippen LogP contribution in [0.1, 0.15) is 10.4 Å².